The average Bonchev–Trinajstić information content (AvgIpc) is 2.82. The normalized spacial score (nSPS) is 26.5. The molecule has 10 nitrogen and oxygen atoms in total. The number of allylic oxidation sites excluding steroid dienone is 1. The first kappa shape index (κ1) is 32.0. The molecule has 0 saturated heterocycles. The van der Waals surface area contributed by atoms with Gasteiger partial charge in [0.25, 0.3) is 5.91 Å². The lowest BCUT2D eigenvalue weighted by molar-refractivity contribution is -0.148. The number of phenolic OH excluding ortho intramolecular Hbond substituents is 1. The van der Waals surface area contributed by atoms with Gasteiger partial charge in [-0.2, -0.15) is 0 Å². The minimum Gasteiger partial charge on any atom is -0.510 e. The molecule has 3 aliphatic carbocycles. The highest BCUT2D eigenvalue weighted by Crippen LogP contribution is 2.53. The molecule has 1 aromatic rings. The van der Waals surface area contributed by atoms with Gasteiger partial charge in [0.2, 0.25) is 5.78 Å². The Morgan fingerprint density at radius 3 is 2.24 bits per heavy atom. The van der Waals surface area contributed by atoms with E-state index in [0.717, 1.165) is 6.42 Å². The number of carbonyl (C=O) groups excluding carboxylic acids is 3. The number of phenols is 1. The van der Waals surface area contributed by atoms with Gasteiger partial charge in [0.05, 0.1) is 11.6 Å². The topological polar surface area (TPSA) is 165 Å². The van der Waals surface area contributed by atoms with E-state index in [4.69, 9.17) is 17.3 Å². The van der Waals surface area contributed by atoms with Crippen molar-refractivity contribution in [3.63, 3.8) is 0 Å². The Morgan fingerprint density at radius 1 is 1.12 bits per heavy atom. The van der Waals surface area contributed by atoms with Crippen LogP contribution in [0.2, 0.25) is 5.02 Å². The summed E-state index contributed by atoms with van der Waals surface area (Å²) in [5, 5.41) is 45.5. The first-order valence-corrected chi connectivity index (χ1v) is 14.4. The predicted molar refractivity (Wildman–Crippen MR) is 158 cm³/mol. The number of likely N-dealkylation sites (N-methyl/N-ethyl adjacent to an activating group) is 1. The fourth-order valence-corrected chi connectivity index (χ4v) is 7.66. The maximum absolute atomic E-state index is 13.9. The van der Waals surface area contributed by atoms with E-state index in [2.05, 4.69) is 39.5 Å². The Labute approximate surface area is 251 Å². The minimum absolute atomic E-state index is 0.00555. The third-order valence-electron chi connectivity index (χ3n) is 9.13. The van der Waals surface area contributed by atoms with Crippen molar-refractivity contribution in [1.29, 1.82) is 0 Å². The SMILES string of the molecule is CN(C)[C@@H]1C(O)=C(C(N)=O)C(=O)[C@@]2(O)C(O)=C3C(=O)c4c(O)cc(CN(C)C(C)(C)CC(C)(C)C)c(Cl)c4C[C@H]3C[C@@H]12. The van der Waals surface area contributed by atoms with E-state index in [1.165, 1.54) is 11.0 Å². The Balaban J connectivity index is 1.82. The summed E-state index contributed by atoms with van der Waals surface area (Å²) >= 11 is 6.92. The van der Waals surface area contributed by atoms with Crippen LogP contribution in [0.1, 0.15) is 68.9 Å². The summed E-state index contributed by atoms with van der Waals surface area (Å²) in [6.07, 6.45) is 1.04. The lowest BCUT2D eigenvalue weighted by Gasteiger charge is -2.50. The molecule has 0 heterocycles. The average molecular weight is 604 g/mol. The molecule has 230 valence electrons. The molecule has 1 amide bonds. The molecule has 4 atom stereocenters. The van der Waals surface area contributed by atoms with Crippen LogP contribution in [0.15, 0.2) is 28.7 Å². The van der Waals surface area contributed by atoms with E-state index in [9.17, 15) is 34.8 Å². The predicted octanol–water partition coefficient (Wildman–Crippen LogP) is 3.42. The van der Waals surface area contributed by atoms with E-state index in [1.807, 2.05) is 7.05 Å². The molecule has 0 unspecified atom stereocenters. The number of aliphatic hydroxyl groups is 3. The molecular weight excluding hydrogens is 562 g/mol. The van der Waals surface area contributed by atoms with Crippen LogP contribution in [-0.2, 0) is 22.6 Å². The maximum atomic E-state index is 13.9. The number of Topliss-reactive ketones (excluding diaryl/α,β-unsaturated/α-hetero) is 2. The zero-order valence-electron chi connectivity index (χ0n) is 25.5. The number of nitrogens with two attached hydrogens (primary N) is 1. The van der Waals surface area contributed by atoms with Crippen molar-refractivity contribution in [3.8, 4) is 5.75 Å². The highest BCUT2D eigenvalue weighted by Gasteiger charge is 2.63. The second-order valence-electron chi connectivity index (χ2n) is 14.1. The summed E-state index contributed by atoms with van der Waals surface area (Å²) in [7, 11) is 5.16. The zero-order chi connectivity index (χ0) is 31.9. The van der Waals surface area contributed by atoms with Crippen molar-refractivity contribution >= 4 is 29.1 Å². The molecule has 42 heavy (non-hydrogen) atoms. The van der Waals surface area contributed by atoms with Crippen LogP contribution in [0, 0.1) is 17.3 Å². The Bertz CT molecular complexity index is 1440. The third-order valence-corrected chi connectivity index (χ3v) is 9.61. The number of ketones is 2. The van der Waals surface area contributed by atoms with Gasteiger partial charge in [-0.05, 0) is 82.8 Å². The minimum atomic E-state index is -2.68. The van der Waals surface area contributed by atoms with Gasteiger partial charge in [-0.15, -0.1) is 0 Å². The summed E-state index contributed by atoms with van der Waals surface area (Å²) in [5.41, 5.74) is 2.50. The third kappa shape index (κ3) is 4.92. The lowest BCUT2D eigenvalue weighted by atomic mass is 9.58. The number of benzene rings is 1. The highest BCUT2D eigenvalue weighted by atomic mass is 35.5. The van der Waals surface area contributed by atoms with Crippen LogP contribution in [0.3, 0.4) is 0 Å². The number of primary amides is 1. The number of aliphatic hydroxyl groups excluding tert-OH is 2. The number of carbonyl (C=O) groups is 3. The van der Waals surface area contributed by atoms with Crippen LogP contribution in [0.25, 0.3) is 0 Å². The molecule has 0 radical (unpaired) electrons. The molecule has 0 aromatic heterocycles. The second kappa shape index (κ2) is 10.4. The summed E-state index contributed by atoms with van der Waals surface area (Å²) in [6.45, 7) is 11.2. The molecule has 11 heteroatoms. The largest absolute Gasteiger partial charge is 0.510 e. The van der Waals surface area contributed by atoms with Gasteiger partial charge in [0.1, 0.15) is 22.8 Å². The van der Waals surface area contributed by atoms with Gasteiger partial charge >= 0.3 is 0 Å². The Morgan fingerprint density at radius 2 is 1.71 bits per heavy atom. The van der Waals surface area contributed by atoms with Gasteiger partial charge < -0.3 is 26.2 Å². The molecule has 0 bridgehead atoms. The van der Waals surface area contributed by atoms with Crippen LogP contribution >= 0.6 is 11.6 Å². The van der Waals surface area contributed by atoms with Crippen molar-refractivity contribution in [1.82, 2.24) is 9.80 Å². The Hall–Kier alpha value is -2.92. The van der Waals surface area contributed by atoms with Crippen molar-refractivity contribution in [2.75, 3.05) is 21.1 Å². The van der Waals surface area contributed by atoms with Gasteiger partial charge in [0, 0.05) is 28.6 Å². The smallest absolute Gasteiger partial charge is 0.255 e. The summed E-state index contributed by atoms with van der Waals surface area (Å²) in [4.78, 5) is 43.1. The number of nitrogens with zero attached hydrogens (tertiary/aromatic N) is 2. The van der Waals surface area contributed by atoms with Crippen molar-refractivity contribution in [2.45, 2.75) is 77.6 Å². The zero-order valence-corrected chi connectivity index (χ0v) is 26.3. The first-order valence-electron chi connectivity index (χ1n) is 14.0. The number of fused-ring (bicyclic) bond motifs is 3. The monoisotopic (exact) mass is 603 g/mol. The lowest BCUT2D eigenvalue weighted by Crippen LogP contribution is -2.63. The number of aromatic hydroxyl groups is 1. The van der Waals surface area contributed by atoms with Gasteiger partial charge in [-0.3, -0.25) is 24.2 Å². The summed E-state index contributed by atoms with van der Waals surface area (Å²) in [6, 6.07) is 0.394. The highest BCUT2D eigenvalue weighted by molar-refractivity contribution is 6.33. The van der Waals surface area contributed by atoms with E-state index in [-0.39, 0.29) is 40.7 Å². The van der Waals surface area contributed by atoms with Crippen LogP contribution in [0.4, 0.5) is 0 Å². The van der Waals surface area contributed by atoms with E-state index in [0.29, 0.717) is 22.7 Å². The molecule has 0 aliphatic heterocycles. The number of hydrogen-bond donors (Lipinski definition) is 5. The summed E-state index contributed by atoms with van der Waals surface area (Å²) < 4.78 is 0. The number of halogens is 1. The van der Waals surface area contributed by atoms with Gasteiger partial charge in [-0.25, -0.2) is 0 Å². The maximum Gasteiger partial charge on any atom is 0.255 e. The van der Waals surface area contributed by atoms with E-state index < -0.39 is 58.0 Å². The van der Waals surface area contributed by atoms with Gasteiger partial charge in [-0.1, -0.05) is 32.4 Å². The van der Waals surface area contributed by atoms with Crippen molar-refractivity contribution in [3.05, 3.63) is 50.4 Å². The summed E-state index contributed by atoms with van der Waals surface area (Å²) in [5.74, 6) is -6.88. The van der Waals surface area contributed by atoms with Crippen LogP contribution in [0.5, 0.6) is 5.75 Å². The quantitative estimate of drug-likeness (QED) is 0.306. The number of hydrogen-bond acceptors (Lipinski definition) is 9. The fraction of sp³-hybridized carbons (Fsp3) is 0.581. The molecular formula is C31H42ClN3O7. The standard InChI is InChI=1S/C31H42ClN3O7/c1-29(2,3)13-30(4,5)35(8)12-15-11-18(36)20-16(22(15)32)9-14-10-17-23(34(6)7)25(38)21(28(33)41)27(40)31(17,42)26(39)19(14)24(20)37/h11,14,17,23,36,38-39,42H,9-10,12-13H2,1-8H3,(H2,33,41)/t14-,17-,23-,31-/m0/s1. The molecule has 1 aromatic carbocycles. The molecule has 3 aliphatic rings. The number of rotatable bonds is 6. The van der Waals surface area contributed by atoms with Crippen molar-refractivity contribution in [2.24, 2.45) is 23.0 Å². The Kier molecular flexibility index (Phi) is 7.90. The van der Waals surface area contributed by atoms with Crippen LogP contribution < -0.4 is 5.73 Å². The number of amides is 1. The van der Waals surface area contributed by atoms with E-state index in [1.54, 1.807) is 14.1 Å². The molecule has 4 rings (SSSR count). The molecule has 0 saturated carbocycles. The first-order chi connectivity index (χ1) is 19.1. The second-order valence-corrected chi connectivity index (χ2v) is 14.5. The molecule has 0 spiro atoms. The van der Waals surface area contributed by atoms with Gasteiger partial charge in [0.15, 0.2) is 11.4 Å². The molecule has 6 N–H and O–H groups in total. The fourth-order valence-electron chi connectivity index (χ4n) is 7.37. The molecule has 0 fully saturated rings. The van der Waals surface area contributed by atoms with Crippen LogP contribution in [-0.4, -0.2) is 86.0 Å². The van der Waals surface area contributed by atoms with E-state index >= 15 is 0 Å². The van der Waals surface area contributed by atoms with Crippen molar-refractivity contribution < 1.29 is 34.8 Å².